The second kappa shape index (κ2) is 5.42. The lowest BCUT2D eigenvalue weighted by molar-refractivity contribution is -0.142. The molecule has 1 aromatic rings. The summed E-state index contributed by atoms with van der Waals surface area (Å²) in [6.45, 7) is 2.16. The Hall–Kier alpha value is -1.51. The Kier molecular flexibility index (Phi) is 3.90. The first-order valence-corrected chi connectivity index (χ1v) is 6.52. The summed E-state index contributed by atoms with van der Waals surface area (Å²) in [5, 5.41) is 9.29. The largest absolute Gasteiger partial charge is 0.508 e. The van der Waals surface area contributed by atoms with Crippen LogP contribution in [0.5, 0.6) is 5.75 Å². The number of rotatable bonds is 5. The van der Waals surface area contributed by atoms with Crippen molar-refractivity contribution in [2.75, 3.05) is 7.11 Å². The van der Waals surface area contributed by atoms with Crippen LogP contribution in [0, 0.1) is 11.8 Å². The van der Waals surface area contributed by atoms with Crippen LogP contribution in [0.3, 0.4) is 0 Å². The van der Waals surface area contributed by atoms with Gasteiger partial charge in [-0.2, -0.15) is 0 Å². The minimum absolute atomic E-state index is 0.0689. The van der Waals surface area contributed by atoms with Crippen molar-refractivity contribution in [2.45, 2.75) is 32.1 Å². The van der Waals surface area contributed by atoms with Gasteiger partial charge < -0.3 is 9.84 Å². The quantitative estimate of drug-likeness (QED) is 0.814. The van der Waals surface area contributed by atoms with Gasteiger partial charge in [0, 0.05) is 0 Å². The fraction of sp³-hybridized carbons (Fsp3) is 0.533. The molecule has 0 heterocycles. The Balaban J connectivity index is 1.95. The van der Waals surface area contributed by atoms with Gasteiger partial charge >= 0.3 is 5.97 Å². The number of phenols is 1. The minimum atomic E-state index is -0.0689. The summed E-state index contributed by atoms with van der Waals surface area (Å²) in [6.07, 6.45) is 3.04. The molecule has 0 radical (unpaired) electrons. The molecule has 0 saturated heterocycles. The van der Waals surface area contributed by atoms with Crippen LogP contribution in [0.2, 0.25) is 0 Å². The van der Waals surface area contributed by atoms with Gasteiger partial charge in [0.2, 0.25) is 0 Å². The first-order valence-electron chi connectivity index (χ1n) is 6.52. The molecule has 0 amide bonds. The van der Waals surface area contributed by atoms with Gasteiger partial charge in [-0.25, -0.2) is 0 Å². The van der Waals surface area contributed by atoms with E-state index in [2.05, 4.69) is 6.92 Å². The molecule has 0 aromatic heterocycles. The van der Waals surface area contributed by atoms with Crippen molar-refractivity contribution in [3.05, 3.63) is 29.8 Å². The van der Waals surface area contributed by atoms with Crippen LogP contribution >= 0.6 is 0 Å². The van der Waals surface area contributed by atoms with Gasteiger partial charge in [0.15, 0.2) is 0 Å². The summed E-state index contributed by atoms with van der Waals surface area (Å²) in [5.41, 5.74) is 1.24. The summed E-state index contributed by atoms with van der Waals surface area (Å²) >= 11 is 0. The fourth-order valence-corrected chi connectivity index (χ4v) is 2.60. The van der Waals surface area contributed by atoms with E-state index in [1.54, 1.807) is 12.1 Å². The molecule has 18 heavy (non-hydrogen) atoms. The molecule has 3 atom stereocenters. The van der Waals surface area contributed by atoms with Crippen LogP contribution in [-0.4, -0.2) is 18.2 Å². The predicted molar refractivity (Wildman–Crippen MR) is 69.4 cm³/mol. The van der Waals surface area contributed by atoms with Gasteiger partial charge in [0.1, 0.15) is 5.75 Å². The van der Waals surface area contributed by atoms with Crippen molar-refractivity contribution in [1.82, 2.24) is 0 Å². The highest BCUT2D eigenvalue weighted by atomic mass is 16.5. The molecule has 1 aromatic carbocycles. The van der Waals surface area contributed by atoms with Crippen LogP contribution in [0.1, 0.15) is 37.7 Å². The van der Waals surface area contributed by atoms with E-state index in [4.69, 9.17) is 4.74 Å². The Labute approximate surface area is 108 Å². The molecule has 1 fully saturated rings. The summed E-state index contributed by atoms with van der Waals surface area (Å²) in [4.78, 5) is 11.4. The number of methoxy groups -OCH3 is 1. The lowest BCUT2D eigenvalue weighted by Crippen LogP contribution is -2.06. The van der Waals surface area contributed by atoms with Gasteiger partial charge in [-0.1, -0.05) is 19.1 Å². The monoisotopic (exact) mass is 248 g/mol. The maximum Gasteiger partial charge on any atom is 0.308 e. The molecular weight excluding hydrogens is 228 g/mol. The maximum atomic E-state index is 11.4. The number of phenolic OH excluding ortho intramolecular Hbond substituents is 1. The molecule has 0 spiro atoms. The number of esters is 1. The summed E-state index contributed by atoms with van der Waals surface area (Å²) < 4.78 is 4.77. The molecule has 2 rings (SSSR count). The number of carbonyl (C=O) groups excluding carboxylic acids is 1. The van der Waals surface area contributed by atoms with Crippen LogP contribution in [0.15, 0.2) is 24.3 Å². The fourth-order valence-electron chi connectivity index (χ4n) is 2.60. The van der Waals surface area contributed by atoms with Crippen molar-refractivity contribution in [1.29, 1.82) is 0 Å². The van der Waals surface area contributed by atoms with E-state index in [0.29, 0.717) is 17.6 Å². The first kappa shape index (κ1) is 12.9. The molecule has 1 aliphatic rings. The standard InChI is InChI=1S/C15H20O3/c1-3-10(11-4-6-13(16)7-5-11)8-12-9-14(12)15(17)18-2/h4-7,10,12,14,16H,3,8-9H2,1-2H3. The van der Waals surface area contributed by atoms with Crippen LogP contribution in [0.25, 0.3) is 0 Å². The molecular formula is C15H20O3. The zero-order chi connectivity index (χ0) is 13.1. The molecule has 3 heteroatoms. The maximum absolute atomic E-state index is 11.4. The normalized spacial score (nSPS) is 23.4. The average Bonchev–Trinajstić information content (AvgIpc) is 3.15. The zero-order valence-corrected chi connectivity index (χ0v) is 10.9. The number of hydrogen-bond donors (Lipinski definition) is 1. The van der Waals surface area contributed by atoms with Crippen molar-refractivity contribution < 1.29 is 14.6 Å². The summed E-state index contributed by atoms with van der Waals surface area (Å²) in [7, 11) is 1.45. The van der Waals surface area contributed by atoms with E-state index in [9.17, 15) is 9.90 Å². The van der Waals surface area contributed by atoms with Gasteiger partial charge in [-0.15, -0.1) is 0 Å². The Morgan fingerprint density at radius 2 is 2.11 bits per heavy atom. The lowest BCUT2D eigenvalue weighted by Gasteiger charge is -2.15. The first-order chi connectivity index (χ1) is 8.65. The molecule has 1 aliphatic carbocycles. The minimum Gasteiger partial charge on any atom is -0.508 e. The number of benzene rings is 1. The second-order valence-corrected chi connectivity index (χ2v) is 5.06. The van der Waals surface area contributed by atoms with E-state index in [1.807, 2.05) is 12.1 Å². The number of aromatic hydroxyl groups is 1. The number of carbonyl (C=O) groups is 1. The van der Waals surface area contributed by atoms with Gasteiger partial charge in [-0.05, 0) is 48.8 Å². The Bertz CT molecular complexity index is 410. The van der Waals surface area contributed by atoms with Crippen molar-refractivity contribution in [2.24, 2.45) is 11.8 Å². The van der Waals surface area contributed by atoms with Gasteiger partial charge in [-0.3, -0.25) is 4.79 Å². The topological polar surface area (TPSA) is 46.5 Å². The molecule has 1 N–H and O–H groups in total. The lowest BCUT2D eigenvalue weighted by atomic mass is 9.90. The SMILES string of the molecule is CCC(CC1CC1C(=O)OC)c1ccc(O)cc1. The Morgan fingerprint density at radius 1 is 1.44 bits per heavy atom. The second-order valence-electron chi connectivity index (χ2n) is 5.06. The van der Waals surface area contributed by atoms with E-state index in [-0.39, 0.29) is 11.9 Å². The molecule has 98 valence electrons. The molecule has 0 bridgehead atoms. The predicted octanol–water partition coefficient (Wildman–Crippen LogP) is 3.09. The van der Waals surface area contributed by atoms with Crippen LogP contribution < -0.4 is 0 Å². The third-order valence-electron chi connectivity index (χ3n) is 3.87. The molecule has 1 saturated carbocycles. The Morgan fingerprint density at radius 3 is 2.67 bits per heavy atom. The van der Waals surface area contributed by atoms with Crippen LogP contribution in [-0.2, 0) is 9.53 Å². The van der Waals surface area contributed by atoms with Crippen LogP contribution in [0.4, 0.5) is 0 Å². The van der Waals surface area contributed by atoms with Crippen molar-refractivity contribution >= 4 is 5.97 Å². The summed E-state index contributed by atoms with van der Waals surface area (Å²) in [6, 6.07) is 7.39. The molecule has 0 aliphatic heterocycles. The van der Waals surface area contributed by atoms with Gasteiger partial charge in [0.05, 0.1) is 13.0 Å². The highest BCUT2D eigenvalue weighted by molar-refractivity contribution is 5.75. The van der Waals surface area contributed by atoms with Crippen molar-refractivity contribution in [3.8, 4) is 5.75 Å². The zero-order valence-electron chi connectivity index (χ0n) is 10.9. The van der Waals surface area contributed by atoms with Gasteiger partial charge in [0.25, 0.3) is 0 Å². The number of ether oxygens (including phenoxy) is 1. The third kappa shape index (κ3) is 2.84. The number of hydrogen-bond acceptors (Lipinski definition) is 3. The highest BCUT2D eigenvalue weighted by Crippen LogP contribution is 2.46. The van der Waals surface area contributed by atoms with E-state index in [1.165, 1.54) is 12.7 Å². The highest BCUT2D eigenvalue weighted by Gasteiger charge is 2.44. The third-order valence-corrected chi connectivity index (χ3v) is 3.87. The van der Waals surface area contributed by atoms with E-state index in [0.717, 1.165) is 19.3 Å². The molecule has 3 nitrogen and oxygen atoms in total. The molecule has 3 unspecified atom stereocenters. The van der Waals surface area contributed by atoms with E-state index >= 15 is 0 Å². The smallest absolute Gasteiger partial charge is 0.308 e. The van der Waals surface area contributed by atoms with E-state index < -0.39 is 0 Å². The average molecular weight is 248 g/mol. The van der Waals surface area contributed by atoms with Crippen molar-refractivity contribution in [3.63, 3.8) is 0 Å². The summed E-state index contributed by atoms with van der Waals surface area (Å²) in [5.74, 6) is 1.27.